The van der Waals surface area contributed by atoms with E-state index in [4.69, 9.17) is 0 Å². The summed E-state index contributed by atoms with van der Waals surface area (Å²) in [7, 11) is 0. The number of halogens is 5. The van der Waals surface area contributed by atoms with E-state index in [2.05, 4.69) is 10.3 Å². The number of hydrogen-bond acceptors (Lipinski definition) is 2. The first-order valence-electron chi connectivity index (χ1n) is 8.65. The van der Waals surface area contributed by atoms with Gasteiger partial charge in [-0.15, -0.1) is 0 Å². The number of benzene rings is 1. The maximum Gasteiger partial charge on any atom is 0.419 e. The van der Waals surface area contributed by atoms with Crippen LogP contribution < -0.4 is 20.1 Å². The van der Waals surface area contributed by atoms with Crippen molar-refractivity contribution >= 4 is 17.4 Å². The Hall–Kier alpha value is -2.75. The highest BCUT2D eigenvalue weighted by atomic mass is 19.4. The molecule has 1 aromatic carbocycles. The van der Waals surface area contributed by atoms with Crippen LogP contribution in [0.1, 0.15) is 5.56 Å². The van der Waals surface area contributed by atoms with Gasteiger partial charge in [0.15, 0.2) is 6.54 Å². The number of aromatic amines is 1. The van der Waals surface area contributed by atoms with Gasteiger partial charge >= 0.3 is 6.18 Å². The highest BCUT2D eigenvalue weighted by molar-refractivity contribution is 5.91. The molecular weight excluding hydrogens is 383 g/mol. The first-order chi connectivity index (χ1) is 13.2. The van der Waals surface area contributed by atoms with Crippen molar-refractivity contribution < 1.29 is 36.6 Å². The van der Waals surface area contributed by atoms with Gasteiger partial charge in [0.2, 0.25) is 0 Å². The van der Waals surface area contributed by atoms with Crippen molar-refractivity contribution in [1.82, 2.24) is 0 Å². The lowest BCUT2D eigenvalue weighted by molar-refractivity contribution is -0.892. The Labute approximate surface area is 157 Å². The summed E-state index contributed by atoms with van der Waals surface area (Å²) in [6.07, 6.45) is -3.47. The van der Waals surface area contributed by atoms with E-state index >= 15 is 0 Å². The number of quaternary nitrogens is 1. The molecule has 1 fully saturated rings. The molecule has 10 heteroatoms. The number of aromatic nitrogens is 1. The molecule has 1 aliphatic rings. The minimum Gasteiger partial charge on any atom is -0.321 e. The third-order valence-electron chi connectivity index (χ3n) is 4.55. The minimum atomic E-state index is -4.40. The summed E-state index contributed by atoms with van der Waals surface area (Å²) in [4.78, 5) is 17.6. The Bertz CT molecular complexity index is 833. The summed E-state index contributed by atoms with van der Waals surface area (Å²) in [6.45, 7) is 2.32. The van der Waals surface area contributed by atoms with Crippen LogP contribution in [0.4, 0.5) is 33.5 Å². The largest absolute Gasteiger partial charge is 0.419 e. The molecule has 1 amide bonds. The number of nitrogens with one attached hydrogen (secondary N) is 3. The van der Waals surface area contributed by atoms with Crippen LogP contribution in [0.15, 0.2) is 36.5 Å². The molecule has 2 heterocycles. The molecular formula is C18H19F5N4O+2. The summed E-state index contributed by atoms with van der Waals surface area (Å²) >= 11 is 0. The van der Waals surface area contributed by atoms with Gasteiger partial charge in [0, 0.05) is 12.1 Å². The molecule has 3 rings (SSSR count). The SMILES string of the molecule is O=C(C[NH+]1CCN(c2ccc(C(F)(F)F)c[nH+]2)CC1)Nc1cc(F)ccc1F. The van der Waals surface area contributed by atoms with Crippen molar-refractivity contribution in [2.75, 3.05) is 42.9 Å². The Morgan fingerprint density at radius 3 is 2.46 bits per heavy atom. The molecule has 1 saturated heterocycles. The molecule has 0 bridgehead atoms. The molecule has 0 aliphatic carbocycles. The number of hydrogen-bond donors (Lipinski definition) is 2. The normalized spacial score (nSPS) is 15.5. The number of H-pyrrole nitrogens is 1. The van der Waals surface area contributed by atoms with Crippen LogP contribution in [0, 0.1) is 11.6 Å². The third kappa shape index (κ3) is 4.94. The second-order valence-electron chi connectivity index (χ2n) is 6.55. The maximum atomic E-state index is 13.6. The number of pyridine rings is 1. The lowest BCUT2D eigenvalue weighted by Crippen LogP contribution is -3.15. The number of rotatable bonds is 4. The molecule has 0 atom stereocenters. The number of anilines is 2. The fraction of sp³-hybridized carbons (Fsp3) is 0.333. The highest BCUT2D eigenvalue weighted by Gasteiger charge is 2.33. The van der Waals surface area contributed by atoms with Crippen molar-refractivity contribution in [3.8, 4) is 0 Å². The molecule has 0 saturated carbocycles. The first kappa shape index (κ1) is 20.0. The van der Waals surface area contributed by atoms with Crippen LogP contribution in [0.5, 0.6) is 0 Å². The van der Waals surface area contributed by atoms with Crippen LogP contribution in [0.3, 0.4) is 0 Å². The van der Waals surface area contributed by atoms with Gasteiger partial charge in [-0.05, 0) is 18.2 Å². The van der Waals surface area contributed by atoms with E-state index in [9.17, 15) is 26.7 Å². The number of nitrogens with zero attached hydrogens (tertiary/aromatic N) is 1. The van der Waals surface area contributed by atoms with Crippen molar-refractivity contribution in [2.45, 2.75) is 6.18 Å². The summed E-state index contributed by atoms with van der Waals surface area (Å²) in [5.74, 6) is -1.23. The van der Waals surface area contributed by atoms with Gasteiger partial charge in [0.25, 0.3) is 11.7 Å². The predicted molar refractivity (Wildman–Crippen MR) is 90.8 cm³/mol. The maximum absolute atomic E-state index is 13.6. The Morgan fingerprint density at radius 2 is 1.86 bits per heavy atom. The molecule has 2 aromatic rings. The first-order valence-corrected chi connectivity index (χ1v) is 8.65. The number of amides is 1. The van der Waals surface area contributed by atoms with Crippen LogP contribution in [-0.4, -0.2) is 38.6 Å². The Morgan fingerprint density at radius 1 is 1.14 bits per heavy atom. The van der Waals surface area contributed by atoms with E-state index in [0.717, 1.165) is 35.4 Å². The molecule has 0 unspecified atom stereocenters. The average molecular weight is 402 g/mol. The summed E-state index contributed by atoms with van der Waals surface area (Å²) in [5, 5.41) is 2.36. The average Bonchev–Trinajstić information content (AvgIpc) is 2.65. The summed E-state index contributed by atoms with van der Waals surface area (Å²) in [6, 6.07) is 5.23. The summed E-state index contributed by atoms with van der Waals surface area (Å²) < 4.78 is 64.6. The monoisotopic (exact) mass is 402 g/mol. The second kappa shape index (κ2) is 8.09. The standard InChI is InChI=1S/C18H17F5N4O/c19-13-2-3-14(20)15(9-13)25-17(28)11-26-5-7-27(8-6-26)16-4-1-12(10-24-16)18(21,22)23/h1-4,9-10H,5-8,11H2,(H,25,28)/p+2. The molecule has 3 N–H and O–H groups in total. The zero-order valence-corrected chi connectivity index (χ0v) is 14.7. The van der Waals surface area contributed by atoms with E-state index in [1.807, 2.05) is 4.90 Å². The molecule has 28 heavy (non-hydrogen) atoms. The van der Waals surface area contributed by atoms with Crippen LogP contribution >= 0.6 is 0 Å². The van der Waals surface area contributed by atoms with Gasteiger partial charge in [-0.2, -0.15) is 13.2 Å². The Balaban J connectivity index is 1.51. The van der Waals surface area contributed by atoms with Gasteiger partial charge in [-0.3, -0.25) is 9.69 Å². The smallest absolute Gasteiger partial charge is 0.321 e. The van der Waals surface area contributed by atoms with Crippen molar-refractivity contribution in [1.29, 1.82) is 0 Å². The Kier molecular flexibility index (Phi) is 5.78. The van der Waals surface area contributed by atoms with Gasteiger partial charge in [-0.1, -0.05) is 0 Å². The fourth-order valence-electron chi connectivity index (χ4n) is 3.05. The molecule has 5 nitrogen and oxygen atoms in total. The zero-order chi connectivity index (χ0) is 20.3. The van der Waals surface area contributed by atoms with E-state index in [1.54, 1.807) is 0 Å². The van der Waals surface area contributed by atoms with Crippen LogP contribution in [-0.2, 0) is 11.0 Å². The van der Waals surface area contributed by atoms with E-state index in [1.165, 1.54) is 6.07 Å². The minimum absolute atomic E-state index is 0.0838. The molecule has 1 aliphatic heterocycles. The van der Waals surface area contributed by atoms with E-state index in [-0.39, 0.29) is 12.2 Å². The quantitative estimate of drug-likeness (QED) is 0.754. The second-order valence-corrected chi connectivity index (χ2v) is 6.55. The van der Waals surface area contributed by atoms with Gasteiger partial charge < -0.3 is 10.2 Å². The number of carbonyl (C=O) groups is 1. The topological polar surface area (TPSA) is 50.9 Å². The molecule has 0 spiro atoms. The van der Waals surface area contributed by atoms with E-state index in [0.29, 0.717) is 32.0 Å². The zero-order valence-electron chi connectivity index (χ0n) is 14.7. The van der Waals surface area contributed by atoms with Gasteiger partial charge in [0.1, 0.15) is 44.0 Å². The molecule has 1 aromatic heterocycles. The van der Waals surface area contributed by atoms with Crippen molar-refractivity contribution in [2.24, 2.45) is 0 Å². The highest BCUT2D eigenvalue weighted by Crippen LogP contribution is 2.28. The lowest BCUT2D eigenvalue weighted by atomic mass is 10.2. The van der Waals surface area contributed by atoms with Crippen LogP contribution in [0.25, 0.3) is 0 Å². The number of carbonyl (C=O) groups excluding carboxylic acids is 1. The van der Waals surface area contributed by atoms with Gasteiger partial charge in [0.05, 0.1) is 11.3 Å². The number of alkyl halides is 3. The van der Waals surface area contributed by atoms with Gasteiger partial charge in [-0.25, -0.2) is 13.8 Å². The number of piperazine rings is 1. The molecule has 0 radical (unpaired) electrons. The van der Waals surface area contributed by atoms with E-state index < -0.39 is 29.3 Å². The van der Waals surface area contributed by atoms with Crippen molar-refractivity contribution in [3.05, 3.63) is 53.7 Å². The lowest BCUT2D eigenvalue weighted by Gasteiger charge is -2.28. The summed E-state index contributed by atoms with van der Waals surface area (Å²) in [5.41, 5.74) is -0.954. The third-order valence-corrected chi connectivity index (χ3v) is 4.55. The predicted octanol–water partition coefficient (Wildman–Crippen LogP) is 1.14. The fourth-order valence-corrected chi connectivity index (χ4v) is 3.05. The van der Waals surface area contributed by atoms with Crippen LogP contribution in [0.2, 0.25) is 0 Å². The van der Waals surface area contributed by atoms with Crippen molar-refractivity contribution in [3.63, 3.8) is 0 Å². The molecule has 150 valence electrons.